The summed E-state index contributed by atoms with van der Waals surface area (Å²) < 4.78 is 0. The van der Waals surface area contributed by atoms with E-state index in [1.54, 1.807) is 11.0 Å². The van der Waals surface area contributed by atoms with Crippen LogP contribution in [0.3, 0.4) is 0 Å². The van der Waals surface area contributed by atoms with Gasteiger partial charge < -0.3 is 19.7 Å². The fourth-order valence-corrected chi connectivity index (χ4v) is 2.35. The van der Waals surface area contributed by atoms with Crippen LogP contribution in [0.2, 0.25) is 0 Å². The van der Waals surface area contributed by atoms with Crippen molar-refractivity contribution in [3.63, 3.8) is 0 Å². The summed E-state index contributed by atoms with van der Waals surface area (Å²) in [4.78, 5) is 37.5. The first-order chi connectivity index (χ1) is 9.97. The molecule has 6 nitrogen and oxygen atoms in total. The van der Waals surface area contributed by atoms with Crippen LogP contribution in [-0.2, 0) is 9.59 Å². The Morgan fingerprint density at radius 2 is 1.71 bits per heavy atom. The van der Waals surface area contributed by atoms with E-state index in [1.165, 1.54) is 4.90 Å². The summed E-state index contributed by atoms with van der Waals surface area (Å²) in [6, 6.07) is 7.36. The van der Waals surface area contributed by atoms with Gasteiger partial charge in [-0.1, -0.05) is 17.7 Å². The number of piperazine rings is 1. The molecule has 0 bridgehead atoms. The zero-order valence-corrected chi connectivity index (χ0v) is 11.9. The zero-order valence-electron chi connectivity index (χ0n) is 11.9. The molecule has 1 aliphatic rings. The largest absolute Gasteiger partial charge is 0.550 e. The molecule has 112 valence electrons. The van der Waals surface area contributed by atoms with Crippen LogP contribution in [0.25, 0.3) is 0 Å². The van der Waals surface area contributed by atoms with Gasteiger partial charge in [0, 0.05) is 31.7 Å². The molecule has 1 aromatic rings. The van der Waals surface area contributed by atoms with Crippen LogP contribution in [0.4, 0.5) is 0 Å². The third kappa shape index (κ3) is 3.81. The summed E-state index contributed by atoms with van der Waals surface area (Å²) >= 11 is 0. The van der Waals surface area contributed by atoms with Gasteiger partial charge in [0.15, 0.2) is 0 Å². The minimum atomic E-state index is -1.38. The number of nitrogens with zero attached hydrogens (tertiary/aromatic N) is 2. The maximum Gasteiger partial charge on any atom is 0.253 e. The second-order valence-corrected chi connectivity index (χ2v) is 5.09. The van der Waals surface area contributed by atoms with E-state index in [0.29, 0.717) is 31.7 Å². The van der Waals surface area contributed by atoms with Crippen LogP contribution in [0.1, 0.15) is 22.3 Å². The summed E-state index contributed by atoms with van der Waals surface area (Å²) in [5.41, 5.74) is 1.65. The van der Waals surface area contributed by atoms with E-state index in [2.05, 4.69) is 0 Å². The van der Waals surface area contributed by atoms with Crippen molar-refractivity contribution in [3.8, 4) is 0 Å². The number of hydrogen-bond donors (Lipinski definition) is 0. The molecule has 21 heavy (non-hydrogen) atoms. The highest BCUT2D eigenvalue weighted by molar-refractivity contribution is 5.95. The molecule has 0 radical (unpaired) electrons. The second-order valence-electron chi connectivity index (χ2n) is 5.09. The van der Waals surface area contributed by atoms with Crippen molar-refractivity contribution in [1.29, 1.82) is 0 Å². The smallest absolute Gasteiger partial charge is 0.253 e. The van der Waals surface area contributed by atoms with Gasteiger partial charge in [-0.05, 0) is 19.1 Å². The molecule has 1 saturated heterocycles. The summed E-state index contributed by atoms with van der Waals surface area (Å²) in [5, 5.41) is 10.4. The summed E-state index contributed by atoms with van der Waals surface area (Å²) in [7, 11) is 0. The van der Waals surface area contributed by atoms with Crippen molar-refractivity contribution in [2.45, 2.75) is 13.3 Å². The van der Waals surface area contributed by atoms with Gasteiger partial charge in [0.25, 0.3) is 5.91 Å². The molecule has 1 fully saturated rings. The molecule has 1 heterocycles. The predicted molar refractivity (Wildman–Crippen MR) is 73.3 cm³/mol. The number of carboxylic acid groups (broad SMARTS) is 1. The van der Waals surface area contributed by atoms with E-state index >= 15 is 0 Å². The van der Waals surface area contributed by atoms with Gasteiger partial charge in [0.05, 0.1) is 12.4 Å². The topological polar surface area (TPSA) is 80.8 Å². The molecule has 0 aliphatic carbocycles. The van der Waals surface area contributed by atoms with E-state index in [4.69, 9.17) is 0 Å². The second kappa shape index (κ2) is 6.39. The van der Waals surface area contributed by atoms with Gasteiger partial charge in [0.1, 0.15) is 0 Å². The van der Waals surface area contributed by atoms with Crippen molar-refractivity contribution >= 4 is 17.8 Å². The summed E-state index contributed by atoms with van der Waals surface area (Å²) in [6.45, 7) is 3.44. The maximum atomic E-state index is 12.3. The van der Waals surface area contributed by atoms with Crippen molar-refractivity contribution in [1.82, 2.24) is 9.80 Å². The first-order valence-corrected chi connectivity index (χ1v) is 6.81. The highest BCUT2D eigenvalue weighted by Crippen LogP contribution is 2.11. The van der Waals surface area contributed by atoms with Gasteiger partial charge in [-0.3, -0.25) is 9.59 Å². The Morgan fingerprint density at radius 3 is 2.29 bits per heavy atom. The SMILES string of the molecule is Cc1cccc(C(=O)N2CCN(C(=O)CC(=O)[O-])CC2)c1. The van der Waals surface area contributed by atoms with E-state index < -0.39 is 18.3 Å². The number of carbonyl (C=O) groups excluding carboxylic acids is 3. The molecular formula is C15H17N2O4-. The van der Waals surface area contributed by atoms with E-state index in [0.717, 1.165) is 5.56 Å². The number of aryl methyl sites for hydroxylation is 1. The molecule has 1 aliphatic heterocycles. The number of carbonyl (C=O) groups is 3. The Hall–Kier alpha value is -2.37. The average Bonchev–Trinajstić information content (AvgIpc) is 2.46. The van der Waals surface area contributed by atoms with Gasteiger partial charge in [-0.2, -0.15) is 0 Å². The maximum absolute atomic E-state index is 12.3. The molecule has 2 amide bonds. The number of amides is 2. The highest BCUT2D eigenvalue weighted by Gasteiger charge is 2.24. The molecule has 0 saturated carbocycles. The number of hydrogen-bond acceptors (Lipinski definition) is 4. The van der Waals surface area contributed by atoms with Crippen molar-refractivity contribution in [2.75, 3.05) is 26.2 Å². The molecule has 0 N–H and O–H groups in total. The first-order valence-electron chi connectivity index (χ1n) is 6.81. The normalized spacial score (nSPS) is 14.9. The minimum absolute atomic E-state index is 0.0642. The lowest BCUT2D eigenvalue weighted by Gasteiger charge is -2.35. The lowest BCUT2D eigenvalue weighted by atomic mass is 10.1. The predicted octanol–water partition coefficient (Wildman–Crippen LogP) is -0.581. The highest BCUT2D eigenvalue weighted by atomic mass is 16.4. The van der Waals surface area contributed by atoms with Gasteiger partial charge in [-0.15, -0.1) is 0 Å². The number of benzene rings is 1. The Kier molecular flexibility index (Phi) is 4.57. The Balaban J connectivity index is 1.93. The monoisotopic (exact) mass is 289 g/mol. The number of carboxylic acids is 1. The molecule has 6 heteroatoms. The van der Waals surface area contributed by atoms with Gasteiger partial charge in [0.2, 0.25) is 5.91 Å². The minimum Gasteiger partial charge on any atom is -0.550 e. The van der Waals surface area contributed by atoms with Gasteiger partial charge >= 0.3 is 0 Å². The first kappa shape index (κ1) is 15.0. The third-order valence-corrected chi connectivity index (χ3v) is 3.48. The zero-order chi connectivity index (χ0) is 15.4. The number of aliphatic carboxylic acids is 1. The standard InChI is InChI=1S/C15H18N2O4/c1-11-3-2-4-12(9-11)15(21)17-7-5-16(6-8-17)13(18)10-14(19)20/h2-4,9H,5-8,10H2,1H3,(H,19,20)/p-1. The molecule has 1 aromatic carbocycles. The Labute approximate surface area is 123 Å². The van der Waals surface area contributed by atoms with Crippen molar-refractivity contribution in [2.24, 2.45) is 0 Å². The van der Waals surface area contributed by atoms with Crippen LogP contribution >= 0.6 is 0 Å². The third-order valence-electron chi connectivity index (χ3n) is 3.48. The Morgan fingerprint density at radius 1 is 1.10 bits per heavy atom. The summed E-state index contributed by atoms with van der Waals surface area (Å²) in [6.07, 6.45) is -0.605. The quantitative estimate of drug-likeness (QED) is 0.697. The van der Waals surface area contributed by atoms with Crippen LogP contribution in [0.15, 0.2) is 24.3 Å². The van der Waals surface area contributed by atoms with E-state index in [1.807, 2.05) is 25.1 Å². The molecule has 0 aromatic heterocycles. The van der Waals surface area contributed by atoms with Crippen molar-refractivity contribution in [3.05, 3.63) is 35.4 Å². The van der Waals surface area contributed by atoms with Crippen LogP contribution in [-0.4, -0.2) is 53.8 Å². The molecule has 2 rings (SSSR count). The fourth-order valence-electron chi connectivity index (χ4n) is 2.35. The van der Waals surface area contributed by atoms with E-state index in [9.17, 15) is 19.5 Å². The summed E-state index contributed by atoms with van der Waals surface area (Å²) in [5.74, 6) is -1.90. The van der Waals surface area contributed by atoms with Crippen LogP contribution in [0.5, 0.6) is 0 Å². The average molecular weight is 289 g/mol. The molecule has 0 atom stereocenters. The fraction of sp³-hybridized carbons (Fsp3) is 0.400. The number of rotatable bonds is 3. The lowest BCUT2D eigenvalue weighted by Crippen LogP contribution is -2.51. The Bertz CT molecular complexity index is 563. The molecular weight excluding hydrogens is 272 g/mol. The van der Waals surface area contributed by atoms with Gasteiger partial charge in [-0.25, -0.2) is 0 Å². The van der Waals surface area contributed by atoms with E-state index in [-0.39, 0.29) is 5.91 Å². The van der Waals surface area contributed by atoms with Crippen LogP contribution in [0, 0.1) is 6.92 Å². The van der Waals surface area contributed by atoms with Crippen molar-refractivity contribution < 1.29 is 19.5 Å². The van der Waals surface area contributed by atoms with Crippen LogP contribution < -0.4 is 5.11 Å². The lowest BCUT2D eigenvalue weighted by molar-refractivity contribution is -0.304. The molecule has 0 spiro atoms. The molecule has 0 unspecified atom stereocenters.